The number of para-hydroxylation sites is 1. The monoisotopic (exact) mass is 527 g/mol. The van der Waals surface area contributed by atoms with E-state index < -0.39 is 5.76 Å². The lowest BCUT2D eigenvalue weighted by Crippen LogP contribution is -2.46. The van der Waals surface area contributed by atoms with Gasteiger partial charge in [-0.2, -0.15) is 0 Å². The third kappa shape index (κ3) is 6.42. The number of carbonyl (C=O) groups is 1. The predicted octanol–water partition coefficient (Wildman–Crippen LogP) is 5.91. The van der Waals surface area contributed by atoms with Crippen LogP contribution in [0.5, 0.6) is 0 Å². The van der Waals surface area contributed by atoms with Crippen LogP contribution in [0.3, 0.4) is 0 Å². The van der Waals surface area contributed by atoms with Crippen molar-refractivity contribution in [2.45, 2.75) is 46.4 Å². The SMILES string of the molecule is CCC(C)CCC(=O)OCn1c(=O)oc2c(N3CCN(Cc4cccc(-c5ccccc5)c4)CC3)cccc21. The van der Waals surface area contributed by atoms with E-state index in [4.69, 9.17) is 9.15 Å². The smallest absolute Gasteiger partial charge is 0.422 e. The highest BCUT2D eigenvalue weighted by Gasteiger charge is 2.22. The maximum atomic E-state index is 12.7. The number of nitrogens with zero attached hydrogens (tertiary/aromatic N) is 3. The van der Waals surface area contributed by atoms with Crippen molar-refractivity contribution in [3.63, 3.8) is 0 Å². The zero-order valence-electron chi connectivity index (χ0n) is 22.8. The topological polar surface area (TPSA) is 67.9 Å². The molecule has 7 nitrogen and oxygen atoms in total. The zero-order valence-corrected chi connectivity index (χ0v) is 22.8. The fourth-order valence-corrected chi connectivity index (χ4v) is 5.10. The van der Waals surface area contributed by atoms with Crippen LogP contribution in [0, 0.1) is 5.92 Å². The van der Waals surface area contributed by atoms with E-state index in [1.165, 1.54) is 21.3 Å². The molecule has 2 heterocycles. The van der Waals surface area contributed by atoms with E-state index in [0.717, 1.165) is 51.3 Å². The van der Waals surface area contributed by atoms with Gasteiger partial charge in [0.1, 0.15) is 0 Å². The Morgan fingerprint density at radius 2 is 1.69 bits per heavy atom. The summed E-state index contributed by atoms with van der Waals surface area (Å²) in [6.07, 6.45) is 2.16. The van der Waals surface area contributed by atoms with Crippen LogP contribution in [0.15, 0.2) is 82.0 Å². The maximum absolute atomic E-state index is 12.7. The number of hydrogen-bond acceptors (Lipinski definition) is 6. The van der Waals surface area contributed by atoms with Gasteiger partial charge in [-0.15, -0.1) is 0 Å². The number of esters is 1. The number of hydrogen-bond donors (Lipinski definition) is 0. The fraction of sp³-hybridized carbons (Fsp3) is 0.375. The minimum Gasteiger partial charge on any atom is -0.444 e. The largest absolute Gasteiger partial charge is 0.444 e. The first kappa shape index (κ1) is 26.8. The lowest BCUT2D eigenvalue weighted by molar-refractivity contribution is -0.147. The minimum absolute atomic E-state index is 0.134. The summed E-state index contributed by atoms with van der Waals surface area (Å²) >= 11 is 0. The van der Waals surface area contributed by atoms with Crippen molar-refractivity contribution in [2.24, 2.45) is 5.92 Å². The molecule has 0 N–H and O–H groups in total. The second kappa shape index (κ2) is 12.3. The number of benzene rings is 3. The first-order chi connectivity index (χ1) is 19.0. The maximum Gasteiger partial charge on any atom is 0.422 e. The first-order valence-corrected chi connectivity index (χ1v) is 13.9. The van der Waals surface area contributed by atoms with Gasteiger partial charge in [0.05, 0.1) is 11.2 Å². The highest BCUT2D eigenvalue weighted by atomic mass is 16.5. The van der Waals surface area contributed by atoms with Crippen LogP contribution < -0.4 is 10.7 Å². The highest BCUT2D eigenvalue weighted by molar-refractivity contribution is 5.87. The van der Waals surface area contributed by atoms with Crippen molar-refractivity contribution in [3.05, 3.63) is 88.9 Å². The molecule has 3 aromatic carbocycles. The summed E-state index contributed by atoms with van der Waals surface area (Å²) in [7, 11) is 0. The summed E-state index contributed by atoms with van der Waals surface area (Å²) in [6, 6.07) is 25.0. The summed E-state index contributed by atoms with van der Waals surface area (Å²) in [5.74, 6) is -0.334. The molecule has 4 aromatic rings. The lowest BCUT2D eigenvalue weighted by Gasteiger charge is -2.36. The van der Waals surface area contributed by atoms with E-state index >= 15 is 0 Å². The molecule has 1 atom stereocenters. The van der Waals surface area contributed by atoms with Gasteiger partial charge < -0.3 is 14.1 Å². The number of oxazole rings is 1. The number of ether oxygens (including phenoxy) is 1. The molecule has 1 saturated heterocycles. The third-order valence-electron chi connectivity index (χ3n) is 7.72. The molecule has 0 bridgehead atoms. The molecule has 7 heteroatoms. The van der Waals surface area contributed by atoms with Crippen molar-refractivity contribution >= 4 is 22.8 Å². The van der Waals surface area contributed by atoms with E-state index in [-0.39, 0.29) is 12.7 Å². The van der Waals surface area contributed by atoms with Crippen molar-refractivity contribution in [1.82, 2.24) is 9.47 Å². The Hall–Kier alpha value is -3.84. The van der Waals surface area contributed by atoms with E-state index in [1.54, 1.807) is 0 Å². The summed E-state index contributed by atoms with van der Waals surface area (Å²) in [5, 5.41) is 0. The van der Waals surface area contributed by atoms with Gasteiger partial charge in [0.25, 0.3) is 0 Å². The van der Waals surface area contributed by atoms with Gasteiger partial charge in [-0.1, -0.05) is 74.9 Å². The van der Waals surface area contributed by atoms with Crippen LogP contribution in [-0.2, 0) is 22.8 Å². The molecule has 204 valence electrons. The number of rotatable bonds is 10. The molecule has 39 heavy (non-hydrogen) atoms. The van der Waals surface area contributed by atoms with Gasteiger partial charge in [0.15, 0.2) is 12.3 Å². The molecule has 0 aliphatic carbocycles. The second-order valence-corrected chi connectivity index (χ2v) is 10.4. The first-order valence-electron chi connectivity index (χ1n) is 13.9. The van der Waals surface area contributed by atoms with Crippen molar-refractivity contribution in [2.75, 3.05) is 31.1 Å². The average Bonchev–Trinajstić information content (AvgIpc) is 3.30. The van der Waals surface area contributed by atoms with Gasteiger partial charge in [-0.3, -0.25) is 9.69 Å². The van der Waals surface area contributed by atoms with E-state index in [9.17, 15) is 9.59 Å². The standard InChI is InChI=1S/C32H37N3O4/c1-3-24(2)15-16-30(36)38-23-35-29-14-8-13-28(31(29)39-32(35)37)34-19-17-33(18-20-34)22-25-9-7-12-27(21-25)26-10-5-4-6-11-26/h4-14,21,24H,3,15-20,22-23H2,1-2H3. The van der Waals surface area contributed by atoms with Crippen LogP contribution in [0.25, 0.3) is 22.2 Å². The molecule has 0 amide bonds. The molecule has 1 aliphatic heterocycles. The zero-order chi connectivity index (χ0) is 27.2. The molecule has 5 rings (SSSR count). The van der Waals surface area contributed by atoms with Gasteiger partial charge in [0, 0.05) is 39.1 Å². The molecule has 1 aliphatic rings. The summed E-state index contributed by atoms with van der Waals surface area (Å²) in [4.78, 5) is 29.6. The Morgan fingerprint density at radius 3 is 2.46 bits per heavy atom. The molecular formula is C32H37N3O4. The van der Waals surface area contributed by atoms with Gasteiger partial charge in [-0.05, 0) is 47.2 Å². The number of anilines is 1. The Balaban J connectivity index is 1.21. The molecule has 0 saturated carbocycles. The van der Waals surface area contributed by atoms with Gasteiger partial charge in [0.2, 0.25) is 0 Å². The van der Waals surface area contributed by atoms with Gasteiger partial charge >= 0.3 is 11.7 Å². The van der Waals surface area contributed by atoms with Crippen LogP contribution in [0.1, 0.15) is 38.7 Å². The van der Waals surface area contributed by atoms with Crippen LogP contribution in [0.4, 0.5) is 5.69 Å². The third-order valence-corrected chi connectivity index (χ3v) is 7.72. The van der Waals surface area contributed by atoms with E-state index in [2.05, 4.69) is 72.2 Å². The van der Waals surface area contributed by atoms with Crippen molar-refractivity contribution in [3.8, 4) is 11.1 Å². The Bertz CT molecular complexity index is 1450. The molecular weight excluding hydrogens is 490 g/mol. The highest BCUT2D eigenvalue weighted by Crippen LogP contribution is 2.28. The molecule has 0 radical (unpaired) electrons. The molecule has 1 aromatic heterocycles. The van der Waals surface area contributed by atoms with Gasteiger partial charge in [-0.25, -0.2) is 9.36 Å². The van der Waals surface area contributed by atoms with E-state index in [1.807, 2.05) is 24.3 Å². The van der Waals surface area contributed by atoms with Crippen LogP contribution in [0.2, 0.25) is 0 Å². The normalized spacial score (nSPS) is 15.0. The fourth-order valence-electron chi connectivity index (χ4n) is 5.10. The summed E-state index contributed by atoms with van der Waals surface area (Å²) in [5.41, 5.74) is 5.85. The molecule has 1 fully saturated rings. The van der Waals surface area contributed by atoms with Crippen LogP contribution in [-0.4, -0.2) is 41.6 Å². The average molecular weight is 528 g/mol. The lowest BCUT2D eigenvalue weighted by atomic mass is 10.0. The second-order valence-electron chi connectivity index (χ2n) is 10.4. The number of aromatic nitrogens is 1. The van der Waals surface area contributed by atoms with Crippen LogP contribution >= 0.6 is 0 Å². The quantitative estimate of drug-likeness (QED) is 0.239. The number of carbonyl (C=O) groups excluding carboxylic acids is 1. The Kier molecular flexibility index (Phi) is 8.47. The summed E-state index contributed by atoms with van der Waals surface area (Å²) < 4.78 is 12.5. The summed E-state index contributed by atoms with van der Waals surface area (Å²) in [6.45, 7) is 8.46. The van der Waals surface area contributed by atoms with E-state index in [0.29, 0.717) is 23.4 Å². The predicted molar refractivity (Wildman–Crippen MR) is 155 cm³/mol. The Labute approximate surface area is 229 Å². The Morgan fingerprint density at radius 1 is 0.949 bits per heavy atom. The number of piperazine rings is 1. The molecule has 1 unspecified atom stereocenters. The van der Waals surface area contributed by atoms with Crippen molar-refractivity contribution in [1.29, 1.82) is 0 Å². The minimum atomic E-state index is -0.510. The van der Waals surface area contributed by atoms with Crippen molar-refractivity contribution < 1.29 is 13.9 Å². The molecule has 0 spiro atoms. The number of fused-ring (bicyclic) bond motifs is 1.